The topological polar surface area (TPSA) is 67.4 Å². The van der Waals surface area contributed by atoms with Gasteiger partial charge >= 0.3 is 6.09 Å². The Morgan fingerprint density at radius 2 is 1.88 bits per heavy atom. The van der Waals surface area contributed by atoms with Crippen molar-refractivity contribution in [3.63, 3.8) is 0 Å². The summed E-state index contributed by atoms with van der Waals surface area (Å²) in [6.07, 6.45) is 8.39. The Hall–Kier alpha value is -1.52. The minimum atomic E-state index is -0.534. The van der Waals surface area contributed by atoms with E-state index in [1.54, 1.807) is 0 Å². The minimum absolute atomic E-state index is 0.0704. The maximum absolute atomic E-state index is 12.8. The molecule has 0 aromatic rings. The van der Waals surface area contributed by atoms with Crippen LogP contribution in [-0.4, -0.2) is 30.2 Å². The summed E-state index contributed by atoms with van der Waals surface area (Å²) < 4.78 is 5.37. The molecule has 134 valence electrons. The molecule has 24 heavy (non-hydrogen) atoms. The molecule has 4 atom stereocenters. The summed E-state index contributed by atoms with van der Waals surface area (Å²) in [5.41, 5.74) is -0.272. The maximum atomic E-state index is 12.8. The van der Waals surface area contributed by atoms with Crippen LogP contribution in [0.5, 0.6) is 0 Å². The lowest BCUT2D eigenvalue weighted by Gasteiger charge is -2.39. The van der Waals surface area contributed by atoms with Crippen molar-refractivity contribution in [2.45, 2.75) is 65.0 Å². The fourth-order valence-corrected chi connectivity index (χ4v) is 4.20. The van der Waals surface area contributed by atoms with Gasteiger partial charge in [-0.25, -0.2) is 4.79 Å². The van der Waals surface area contributed by atoms with Crippen LogP contribution in [0.25, 0.3) is 0 Å². The number of hydrogen-bond donors (Lipinski definition) is 2. The maximum Gasteiger partial charge on any atom is 0.407 e. The zero-order valence-electron chi connectivity index (χ0n) is 15.2. The van der Waals surface area contributed by atoms with Gasteiger partial charge < -0.3 is 15.4 Å². The third-order valence-corrected chi connectivity index (χ3v) is 5.70. The monoisotopic (exact) mass is 334 g/mol. The van der Waals surface area contributed by atoms with E-state index in [0.717, 1.165) is 13.0 Å². The fraction of sp³-hybridized carbons (Fsp3) is 0.789. The molecule has 3 aliphatic carbocycles. The first kappa shape index (κ1) is 17.3. The van der Waals surface area contributed by atoms with Gasteiger partial charge in [0.25, 0.3) is 0 Å². The average molecular weight is 334 g/mol. The van der Waals surface area contributed by atoms with E-state index in [4.69, 9.17) is 4.74 Å². The Kier molecular flexibility index (Phi) is 4.39. The molecule has 3 aliphatic rings. The highest BCUT2D eigenvalue weighted by Gasteiger charge is 2.49. The van der Waals surface area contributed by atoms with Gasteiger partial charge in [-0.15, -0.1) is 0 Å². The van der Waals surface area contributed by atoms with Gasteiger partial charge in [0.15, 0.2) is 0 Å². The van der Waals surface area contributed by atoms with Gasteiger partial charge in [0.2, 0.25) is 5.91 Å². The molecule has 2 saturated carbocycles. The molecular weight excluding hydrogens is 304 g/mol. The van der Waals surface area contributed by atoms with Crippen molar-refractivity contribution in [1.82, 2.24) is 10.6 Å². The van der Waals surface area contributed by atoms with Crippen LogP contribution in [0.2, 0.25) is 0 Å². The first-order valence-electron chi connectivity index (χ1n) is 9.12. The van der Waals surface area contributed by atoms with Crippen molar-refractivity contribution in [3.8, 4) is 0 Å². The highest BCUT2D eigenvalue weighted by Crippen LogP contribution is 2.44. The van der Waals surface area contributed by atoms with E-state index in [0.29, 0.717) is 0 Å². The van der Waals surface area contributed by atoms with Crippen molar-refractivity contribution in [3.05, 3.63) is 12.2 Å². The molecular formula is C19H30N2O3. The summed E-state index contributed by atoms with van der Waals surface area (Å²) in [7, 11) is 0. The van der Waals surface area contributed by atoms with Crippen molar-refractivity contribution < 1.29 is 14.3 Å². The Bertz CT molecular complexity index is 545. The largest absolute Gasteiger partial charge is 0.444 e. The standard InChI is InChI=1S/C19H30N2O3/c1-18(2,3)24-17(23)21-15-13-7-6-12(10-13)14(15)16(22)20-11-19(4)8-5-9-19/h6-7,12-15H,5,8-11H2,1-4H3,(H,20,22)(H,21,23). The van der Waals surface area contributed by atoms with E-state index in [2.05, 4.69) is 29.7 Å². The molecule has 5 heteroatoms. The SMILES string of the molecule is CC1(CNC(=O)C2C3C=CC(C3)C2NC(=O)OC(C)(C)C)CCC1. The first-order chi connectivity index (χ1) is 11.2. The summed E-state index contributed by atoms with van der Waals surface area (Å²) in [6, 6.07) is -0.163. The van der Waals surface area contributed by atoms with E-state index < -0.39 is 11.7 Å². The smallest absolute Gasteiger partial charge is 0.407 e. The molecule has 0 aliphatic heterocycles. The van der Waals surface area contributed by atoms with E-state index in [1.165, 1.54) is 19.3 Å². The molecule has 5 nitrogen and oxygen atoms in total. The highest BCUT2D eigenvalue weighted by atomic mass is 16.6. The molecule has 4 unspecified atom stereocenters. The van der Waals surface area contributed by atoms with E-state index in [1.807, 2.05) is 20.8 Å². The summed E-state index contributed by atoms with van der Waals surface area (Å²) in [6.45, 7) is 8.50. The van der Waals surface area contributed by atoms with Crippen LogP contribution in [0.4, 0.5) is 4.79 Å². The van der Waals surface area contributed by atoms with Crippen LogP contribution >= 0.6 is 0 Å². The summed E-state index contributed by atoms with van der Waals surface area (Å²) in [5, 5.41) is 6.09. The summed E-state index contributed by atoms with van der Waals surface area (Å²) in [5.74, 6) is 0.346. The number of hydrogen-bond acceptors (Lipinski definition) is 3. The first-order valence-corrected chi connectivity index (χ1v) is 9.12. The molecule has 2 bridgehead atoms. The Balaban J connectivity index is 1.61. The second-order valence-corrected chi connectivity index (χ2v) is 9.03. The molecule has 2 N–H and O–H groups in total. The van der Waals surface area contributed by atoms with Gasteiger partial charge in [-0.05, 0) is 57.3 Å². The second-order valence-electron chi connectivity index (χ2n) is 9.03. The quantitative estimate of drug-likeness (QED) is 0.777. The van der Waals surface area contributed by atoms with Crippen LogP contribution < -0.4 is 10.6 Å². The molecule has 0 aromatic carbocycles. The van der Waals surface area contributed by atoms with Gasteiger partial charge in [-0.2, -0.15) is 0 Å². The lowest BCUT2D eigenvalue weighted by molar-refractivity contribution is -0.127. The van der Waals surface area contributed by atoms with Gasteiger partial charge in [-0.1, -0.05) is 25.5 Å². The lowest BCUT2D eigenvalue weighted by Crippen LogP contribution is -2.51. The van der Waals surface area contributed by atoms with Crippen molar-refractivity contribution >= 4 is 12.0 Å². The molecule has 2 amide bonds. The zero-order chi connectivity index (χ0) is 17.5. The Labute approximate surface area is 144 Å². The number of carbonyl (C=O) groups excluding carboxylic acids is 2. The zero-order valence-corrected chi connectivity index (χ0v) is 15.2. The molecule has 0 saturated heterocycles. The molecule has 0 spiro atoms. The number of fused-ring (bicyclic) bond motifs is 2. The number of alkyl carbamates (subject to hydrolysis) is 1. The van der Waals surface area contributed by atoms with Crippen LogP contribution in [0.15, 0.2) is 12.2 Å². The van der Waals surface area contributed by atoms with E-state index in [-0.39, 0.29) is 35.1 Å². The number of ether oxygens (including phenoxy) is 1. The van der Waals surface area contributed by atoms with Crippen molar-refractivity contribution in [2.75, 3.05) is 6.54 Å². The number of amides is 2. The van der Waals surface area contributed by atoms with Crippen LogP contribution in [0.1, 0.15) is 53.4 Å². The normalized spacial score (nSPS) is 33.0. The summed E-state index contributed by atoms with van der Waals surface area (Å²) >= 11 is 0. The van der Waals surface area contributed by atoms with Gasteiger partial charge in [0.05, 0.1) is 12.0 Å². The number of allylic oxidation sites excluding steroid dienone is 1. The summed E-state index contributed by atoms with van der Waals surface area (Å²) in [4.78, 5) is 24.9. The molecule has 0 aromatic heterocycles. The molecule has 2 fully saturated rings. The minimum Gasteiger partial charge on any atom is -0.444 e. The van der Waals surface area contributed by atoms with Crippen molar-refractivity contribution in [2.24, 2.45) is 23.2 Å². The predicted octanol–water partition coefficient (Wildman–Crippen LogP) is 3.01. The molecule has 0 radical (unpaired) electrons. The van der Waals surface area contributed by atoms with Gasteiger partial charge in [-0.3, -0.25) is 4.79 Å². The molecule has 0 heterocycles. The van der Waals surface area contributed by atoms with Crippen molar-refractivity contribution in [1.29, 1.82) is 0 Å². The fourth-order valence-electron chi connectivity index (χ4n) is 4.20. The Morgan fingerprint density at radius 1 is 1.21 bits per heavy atom. The predicted molar refractivity (Wildman–Crippen MR) is 92.4 cm³/mol. The van der Waals surface area contributed by atoms with E-state index in [9.17, 15) is 9.59 Å². The number of carbonyl (C=O) groups is 2. The van der Waals surface area contributed by atoms with Crippen LogP contribution in [0, 0.1) is 23.2 Å². The third kappa shape index (κ3) is 3.60. The Morgan fingerprint density at radius 3 is 2.46 bits per heavy atom. The highest BCUT2D eigenvalue weighted by molar-refractivity contribution is 5.82. The van der Waals surface area contributed by atoms with E-state index >= 15 is 0 Å². The van der Waals surface area contributed by atoms with Gasteiger partial charge in [0.1, 0.15) is 5.60 Å². The molecule has 3 rings (SSSR count). The third-order valence-electron chi connectivity index (χ3n) is 5.70. The number of nitrogens with one attached hydrogen (secondary N) is 2. The number of rotatable bonds is 4. The second kappa shape index (κ2) is 6.08. The lowest BCUT2D eigenvalue weighted by atomic mass is 9.70. The van der Waals surface area contributed by atoms with Crippen LogP contribution in [0.3, 0.4) is 0 Å². The van der Waals surface area contributed by atoms with Gasteiger partial charge in [0, 0.05) is 6.54 Å². The average Bonchev–Trinajstić information content (AvgIpc) is 3.01. The van der Waals surface area contributed by atoms with Crippen LogP contribution in [-0.2, 0) is 9.53 Å².